The van der Waals surface area contributed by atoms with E-state index in [0.29, 0.717) is 4.99 Å². The smallest absolute Gasteiger partial charge is 0.106 e. The third-order valence-electron chi connectivity index (χ3n) is 2.81. The van der Waals surface area contributed by atoms with Gasteiger partial charge in [0.25, 0.3) is 0 Å². The highest BCUT2D eigenvalue weighted by atomic mass is 79.9. The Hall–Kier alpha value is -1.39. The number of hydrogen-bond acceptors (Lipinski definition) is 2. The van der Waals surface area contributed by atoms with Gasteiger partial charge in [0, 0.05) is 22.3 Å². The van der Waals surface area contributed by atoms with Crippen molar-refractivity contribution in [2.24, 2.45) is 5.73 Å². The summed E-state index contributed by atoms with van der Waals surface area (Å²) in [5.41, 5.74) is 9.98. The molecule has 19 heavy (non-hydrogen) atoms. The lowest BCUT2D eigenvalue weighted by molar-refractivity contribution is 1.14. The van der Waals surface area contributed by atoms with Gasteiger partial charge in [-0.05, 0) is 42.3 Å². The van der Waals surface area contributed by atoms with E-state index in [0.717, 1.165) is 22.3 Å². The van der Waals surface area contributed by atoms with Crippen LogP contribution in [0.15, 0.2) is 46.9 Å². The predicted molar refractivity (Wildman–Crippen MR) is 88.5 cm³/mol. The van der Waals surface area contributed by atoms with Gasteiger partial charge in [0.2, 0.25) is 0 Å². The highest BCUT2D eigenvalue weighted by Crippen LogP contribution is 2.19. The van der Waals surface area contributed by atoms with Crippen LogP contribution in [-0.2, 0) is 6.54 Å². The molecule has 2 aromatic rings. The largest absolute Gasteiger partial charge is 0.389 e. The predicted octanol–water partition coefficient (Wildman–Crippen LogP) is 4.00. The molecule has 4 heteroatoms. The molecule has 0 aliphatic heterocycles. The number of nitrogens with two attached hydrogens (primary N) is 1. The minimum Gasteiger partial charge on any atom is -0.389 e. The summed E-state index contributed by atoms with van der Waals surface area (Å²) in [7, 11) is 0. The van der Waals surface area contributed by atoms with Crippen molar-refractivity contribution in [3.05, 3.63) is 63.6 Å². The summed E-state index contributed by atoms with van der Waals surface area (Å²) in [6.07, 6.45) is 0. The first-order valence-corrected chi connectivity index (χ1v) is 7.15. The summed E-state index contributed by atoms with van der Waals surface area (Å²) >= 11 is 8.54. The molecule has 0 fully saturated rings. The monoisotopic (exact) mass is 334 g/mol. The van der Waals surface area contributed by atoms with Crippen LogP contribution in [0.3, 0.4) is 0 Å². The van der Waals surface area contributed by atoms with Crippen molar-refractivity contribution in [3.8, 4) is 0 Å². The number of thiocarbonyl (C=S) groups is 1. The molecule has 0 radical (unpaired) electrons. The maximum absolute atomic E-state index is 5.74. The molecule has 0 aromatic heterocycles. The number of benzene rings is 2. The van der Waals surface area contributed by atoms with E-state index < -0.39 is 0 Å². The summed E-state index contributed by atoms with van der Waals surface area (Å²) in [4.78, 5) is 0.414. The van der Waals surface area contributed by atoms with Crippen LogP contribution >= 0.6 is 28.1 Å². The molecule has 0 amide bonds. The van der Waals surface area contributed by atoms with Crippen LogP contribution in [-0.4, -0.2) is 4.99 Å². The Morgan fingerprint density at radius 3 is 2.74 bits per heavy atom. The molecular weight excluding hydrogens is 320 g/mol. The Balaban J connectivity index is 2.19. The van der Waals surface area contributed by atoms with Gasteiger partial charge in [-0.1, -0.05) is 46.3 Å². The van der Waals surface area contributed by atoms with E-state index in [1.54, 1.807) is 0 Å². The highest BCUT2D eigenvalue weighted by molar-refractivity contribution is 9.10. The van der Waals surface area contributed by atoms with E-state index >= 15 is 0 Å². The van der Waals surface area contributed by atoms with Crippen molar-refractivity contribution in [2.75, 3.05) is 5.32 Å². The highest BCUT2D eigenvalue weighted by Gasteiger charge is 2.05. The summed E-state index contributed by atoms with van der Waals surface area (Å²) in [5, 5.41) is 3.39. The Labute approximate surface area is 127 Å². The lowest BCUT2D eigenvalue weighted by Crippen LogP contribution is -2.13. The maximum Gasteiger partial charge on any atom is 0.106 e. The second kappa shape index (κ2) is 6.17. The van der Waals surface area contributed by atoms with E-state index in [1.165, 1.54) is 11.1 Å². The Morgan fingerprint density at radius 1 is 1.26 bits per heavy atom. The number of anilines is 1. The molecule has 0 spiro atoms. The fourth-order valence-electron chi connectivity index (χ4n) is 1.86. The minimum atomic E-state index is 0.414. The molecule has 2 rings (SSSR count). The molecule has 0 aliphatic carbocycles. The molecular formula is C15H15BrN2S. The van der Waals surface area contributed by atoms with Gasteiger partial charge in [-0.3, -0.25) is 0 Å². The average Bonchev–Trinajstić information content (AvgIpc) is 2.36. The van der Waals surface area contributed by atoms with Crippen molar-refractivity contribution in [1.29, 1.82) is 0 Å². The second-order valence-electron chi connectivity index (χ2n) is 4.40. The number of aryl methyl sites for hydroxylation is 1. The average molecular weight is 335 g/mol. The molecule has 0 saturated heterocycles. The molecule has 2 aromatic carbocycles. The molecule has 0 heterocycles. The molecule has 3 N–H and O–H groups in total. The van der Waals surface area contributed by atoms with E-state index in [9.17, 15) is 0 Å². The quantitative estimate of drug-likeness (QED) is 0.830. The number of nitrogens with one attached hydrogen (secondary N) is 1. The van der Waals surface area contributed by atoms with Crippen molar-refractivity contribution < 1.29 is 0 Å². The van der Waals surface area contributed by atoms with Gasteiger partial charge in [0.15, 0.2) is 0 Å². The fourth-order valence-corrected chi connectivity index (χ4v) is 2.49. The zero-order valence-electron chi connectivity index (χ0n) is 10.6. The van der Waals surface area contributed by atoms with Gasteiger partial charge in [-0.15, -0.1) is 0 Å². The molecule has 0 saturated carbocycles. The lowest BCUT2D eigenvalue weighted by atomic mass is 10.1. The fraction of sp³-hybridized carbons (Fsp3) is 0.133. The Morgan fingerprint density at radius 2 is 2.05 bits per heavy atom. The van der Waals surface area contributed by atoms with E-state index in [-0.39, 0.29) is 0 Å². The van der Waals surface area contributed by atoms with Crippen LogP contribution in [0.2, 0.25) is 0 Å². The first-order valence-electron chi connectivity index (χ1n) is 5.95. The van der Waals surface area contributed by atoms with Crippen LogP contribution in [0, 0.1) is 6.92 Å². The summed E-state index contributed by atoms with van der Waals surface area (Å²) in [6, 6.07) is 14.2. The minimum absolute atomic E-state index is 0.414. The summed E-state index contributed by atoms with van der Waals surface area (Å²) < 4.78 is 1.07. The third kappa shape index (κ3) is 3.78. The van der Waals surface area contributed by atoms with Crippen molar-refractivity contribution in [2.45, 2.75) is 13.5 Å². The molecule has 0 unspecified atom stereocenters. The Bertz CT molecular complexity index is 611. The van der Waals surface area contributed by atoms with E-state index in [4.69, 9.17) is 18.0 Å². The normalized spacial score (nSPS) is 10.2. The molecule has 0 aliphatic rings. The summed E-state index contributed by atoms with van der Waals surface area (Å²) in [5.74, 6) is 0. The third-order valence-corrected chi connectivity index (χ3v) is 3.53. The van der Waals surface area contributed by atoms with Crippen molar-refractivity contribution >= 4 is 38.8 Å². The second-order valence-corrected chi connectivity index (χ2v) is 5.75. The van der Waals surface area contributed by atoms with Crippen molar-refractivity contribution in [3.63, 3.8) is 0 Å². The zero-order valence-corrected chi connectivity index (χ0v) is 13.0. The van der Waals surface area contributed by atoms with Crippen LogP contribution in [0.5, 0.6) is 0 Å². The maximum atomic E-state index is 5.74. The number of rotatable bonds is 4. The molecule has 98 valence electrons. The first-order chi connectivity index (χ1) is 9.06. The summed E-state index contributed by atoms with van der Waals surface area (Å²) in [6.45, 7) is 2.78. The zero-order chi connectivity index (χ0) is 13.8. The first kappa shape index (κ1) is 14.0. The van der Waals surface area contributed by atoms with Gasteiger partial charge < -0.3 is 11.1 Å². The van der Waals surface area contributed by atoms with Gasteiger partial charge >= 0.3 is 0 Å². The van der Waals surface area contributed by atoms with Crippen LogP contribution in [0.1, 0.15) is 16.7 Å². The standard InChI is InChI=1S/C15H15BrN2S/c1-10-5-6-13(15(17)19)14(7-10)18-9-11-3-2-4-12(16)8-11/h2-8,18H,9H2,1H3,(H2,17,19). The van der Waals surface area contributed by atoms with Gasteiger partial charge in [-0.2, -0.15) is 0 Å². The van der Waals surface area contributed by atoms with Crippen LogP contribution in [0.25, 0.3) is 0 Å². The van der Waals surface area contributed by atoms with E-state index in [1.807, 2.05) is 31.2 Å². The van der Waals surface area contributed by atoms with Gasteiger partial charge in [0.1, 0.15) is 4.99 Å². The van der Waals surface area contributed by atoms with Crippen LogP contribution < -0.4 is 11.1 Å². The number of halogens is 1. The van der Waals surface area contributed by atoms with Crippen LogP contribution in [0.4, 0.5) is 5.69 Å². The van der Waals surface area contributed by atoms with Crippen molar-refractivity contribution in [1.82, 2.24) is 0 Å². The number of hydrogen-bond donors (Lipinski definition) is 2. The topological polar surface area (TPSA) is 38.0 Å². The lowest BCUT2D eigenvalue weighted by Gasteiger charge is -2.12. The Kier molecular flexibility index (Phi) is 4.56. The van der Waals surface area contributed by atoms with E-state index in [2.05, 4.69) is 39.4 Å². The SMILES string of the molecule is Cc1ccc(C(N)=S)c(NCc2cccc(Br)c2)c1. The van der Waals surface area contributed by atoms with Gasteiger partial charge in [-0.25, -0.2) is 0 Å². The van der Waals surface area contributed by atoms with Gasteiger partial charge in [0.05, 0.1) is 0 Å². The molecule has 0 atom stereocenters. The molecule has 0 bridgehead atoms. The molecule has 2 nitrogen and oxygen atoms in total.